The number of carbonyl (C=O) groups excluding carboxylic acids is 1. The lowest BCUT2D eigenvalue weighted by molar-refractivity contribution is -0.154. The maximum Gasteiger partial charge on any atom is 0.422 e. The van der Waals surface area contributed by atoms with Gasteiger partial charge in [0.15, 0.2) is 6.61 Å². The van der Waals surface area contributed by atoms with Gasteiger partial charge in [0.05, 0.1) is 11.1 Å². The fourth-order valence-electron chi connectivity index (χ4n) is 3.53. The molecule has 1 aliphatic carbocycles. The van der Waals surface area contributed by atoms with E-state index in [0.717, 1.165) is 35.0 Å². The van der Waals surface area contributed by atoms with Crippen LogP contribution in [-0.2, 0) is 29.9 Å². The SMILES string of the molecule is O=C(CCSCc1nc2sc3c(c2c(=O)[nH]1)CCC3)NCc1ccnc(OCC(F)(F)F)c1. The van der Waals surface area contributed by atoms with Crippen LogP contribution in [0.15, 0.2) is 23.1 Å². The number of thiophene rings is 1. The number of carbonyl (C=O) groups is 1. The number of aromatic nitrogens is 3. The van der Waals surface area contributed by atoms with Crippen molar-refractivity contribution in [1.82, 2.24) is 20.3 Å². The van der Waals surface area contributed by atoms with Crippen LogP contribution in [0.3, 0.4) is 0 Å². The van der Waals surface area contributed by atoms with Gasteiger partial charge in [-0.3, -0.25) is 9.59 Å². The first kappa shape index (κ1) is 23.6. The van der Waals surface area contributed by atoms with E-state index in [1.54, 1.807) is 17.4 Å². The van der Waals surface area contributed by atoms with E-state index in [1.165, 1.54) is 28.9 Å². The van der Waals surface area contributed by atoms with E-state index in [0.29, 0.717) is 22.9 Å². The number of alkyl halides is 3. The van der Waals surface area contributed by atoms with Crippen LogP contribution < -0.4 is 15.6 Å². The summed E-state index contributed by atoms with van der Waals surface area (Å²) in [6, 6.07) is 2.95. The third-order valence-electron chi connectivity index (χ3n) is 5.01. The van der Waals surface area contributed by atoms with Crippen LogP contribution in [-0.4, -0.2) is 39.4 Å². The molecule has 4 rings (SSSR count). The molecule has 3 aromatic heterocycles. The molecular weight excluding hydrogens is 477 g/mol. The second kappa shape index (κ2) is 10.1. The minimum atomic E-state index is -4.44. The lowest BCUT2D eigenvalue weighted by Gasteiger charge is -2.10. The molecular formula is C21H21F3N4O3S2. The van der Waals surface area contributed by atoms with Crippen molar-refractivity contribution in [1.29, 1.82) is 0 Å². The summed E-state index contributed by atoms with van der Waals surface area (Å²) in [6.45, 7) is -1.27. The van der Waals surface area contributed by atoms with Crippen LogP contribution in [0.4, 0.5) is 13.2 Å². The highest BCUT2D eigenvalue weighted by Crippen LogP contribution is 2.34. The molecule has 0 atom stereocenters. The van der Waals surface area contributed by atoms with Gasteiger partial charge in [-0.25, -0.2) is 9.97 Å². The molecule has 0 unspecified atom stereocenters. The quantitative estimate of drug-likeness (QED) is 0.436. The summed E-state index contributed by atoms with van der Waals surface area (Å²) >= 11 is 3.09. The molecule has 33 heavy (non-hydrogen) atoms. The Morgan fingerprint density at radius 1 is 1.33 bits per heavy atom. The second-order valence-corrected chi connectivity index (χ2v) is 9.72. The summed E-state index contributed by atoms with van der Waals surface area (Å²) in [5.74, 6) is 1.28. The molecule has 0 radical (unpaired) electrons. The summed E-state index contributed by atoms with van der Waals surface area (Å²) in [7, 11) is 0. The number of aromatic amines is 1. The molecule has 12 heteroatoms. The van der Waals surface area contributed by atoms with Crippen LogP contribution in [0.5, 0.6) is 5.88 Å². The predicted molar refractivity (Wildman–Crippen MR) is 121 cm³/mol. The molecule has 2 N–H and O–H groups in total. The molecule has 0 saturated carbocycles. The monoisotopic (exact) mass is 498 g/mol. The van der Waals surface area contributed by atoms with Gasteiger partial charge in [0.2, 0.25) is 11.8 Å². The maximum atomic E-state index is 12.5. The number of aryl methyl sites for hydroxylation is 2. The van der Waals surface area contributed by atoms with Crippen molar-refractivity contribution >= 4 is 39.2 Å². The first-order valence-electron chi connectivity index (χ1n) is 10.3. The van der Waals surface area contributed by atoms with Crippen molar-refractivity contribution in [2.75, 3.05) is 12.4 Å². The fraction of sp³-hybridized carbons (Fsp3) is 0.429. The zero-order valence-electron chi connectivity index (χ0n) is 17.5. The number of thioether (sulfide) groups is 1. The summed E-state index contributed by atoms with van der Waals surface area (Å²) in [5, 5.41) is 3.45. The minimum Gasteiger partial charge on any atom is -0.468 e. The summed E-state index contributed by atoms with van der Waals surface area (Å²) in [5.41, 5.74) is 1.64. The van der Waals surface area contributed by atoms with Crippen molar-refractivity contribution in [3.8, 4) is 5.88 Å². The van der Waals surface area contributed by atoms with Gasteiger partial charge in [-0.05, 0) is 36.5 Å². The number of amides is 1. The average molecular weight is 499 g/mol. The summed E-state index contributed by atoms with van der Waals surface area (Å²) in [4.78, 5) is 37.8. The predicted octanol–water partition coefficient (Wildman–Crippen LogP) is 3.75. The van der Waals surface area contributed by atoms with E-state index in [-0.39, 0.29) is 30.3 Å². The Bertz CT molecular complexity index is 1210. The standard InChI is InChI=1S/C21H21F3N4O3S2/c22-21(23,24)11-31-17-8-12(4-6-25-17)9-26-16(29)5-7-32-10-15-27-19(30)18-13-2-1-3-14(13)33-20(18)28-15/h4,6,8H,1-3,5,7,9-11H2,(H,26,29)(H,27,28,30). The molecule has 0 saturated heterocycles. The van der Waals surface area contributed by atoms with Gasteiger partial charge in [-0.2, -0.15) is 24.9 Å². The molecule has 0 aliphatic heterocycles. The van der Waals surface area contributed by atoms with Crippen molar-refractivity contribution in [2.24, 2.45) is 0 Å². The van der Waals surface area contributed by atoms with Crippen LogP contribution in [0.1, 0.15) is 34.7 Å². The van der Waals surface area contributed by atoms with Gasteiger partial charge < -0.3 is 15.0 Å². The molecule has 176 valence electrons. The van der Waals surface area contributed by atoms with E-state index < -0.39 is 12.8 Å². The number of nitrogens with zero attached hydrogens (tertiary/aromatic N) is 2. The molecule has 3 aromatic rings. The Morgan fingerprint density at radius 3 is 3.00 bits per heavy atom. The smallest absolute Gasteiger partial charge is 0.422 e. The molecule has 0 fully saturated rings. The van der Waals surface area contributed by atoms with Gasteiger partial charge in [0, 0.05) is 35.9 Å². The Hall–Kier alpha value is -2.60. The second-order valence-electron chi connectivity index (χ2n) is 7.54. The molecule has 3 heterocycles. The summed E-state index contributed by atoms with van der Waals surface area (Å²) in [6.07, 6.45) is 0.177. The minimum absolute atomic E-state index is 0.0938. The largest absolute Gasteiger partial charge is 0.468 e. The van der Waals surface area contributed by atoms with Gasteiger partial charge in [-0.1, -0.05) is 0 Å². The third-order valence-corrected chi connectivity index (χ3v) is 7.17. The Morgan fingerprint density at radius 2 is 2.18 bits per heavy atom. The molecule has 0 aromatic carbocycles. The van der Waals surface area contributed by atoms with Gasteiger partial charge >= 0.3 is 6.18 Å². The maximum absolute atomic E-state index is 12.5. The highest BCUT2D eigenvalue weighted by atomic mass is 32.2. The molecule has 0 bridgehead atoms. The normalized spacial score (nSPS) is 13.3. The summed E-state index contributed by atoms with van der Waals surface area (Å²) < 4.78 is 41.3. The van der Waals surface area contributed by atoms with E-state index in [9.17, 15) is 22.8 Å². The number of rotatable bonds is 9. The van der Waals surface area contributed by atoms with Crippen LogP contribution >= 0.6 is 23.1 Å². The first-order chi connectivity index (χ1) is 15.8. The number of H-pyrrole nitrogens is 1. The van der Waals surface area contributed by atoms with E-state index in [1.807, 2.05) is 0 Å². The fourth-order valence-corrected chi connectivity index (χ4v) is 5.62. The molecule has 0 spiro atoms. The van der Waals surface area contributed by atoms with Crippen molar-refractivity contribution in [3.63, 3.8) is 0 Å². The van der Waals surface area contributed by atoms with Crippen molar-refractivity contribution in [2.45, 2.75) is 44.2 Å². The molecule has 1 amide bonds. The lowest BCUT2D eigenvalue weighted by atomic mass is 10.2. The van der Waals surface area contributed by atoms with E-state index in [2.05, 4.69) is 25.0 Å². The lowest BCUT2D eigenvalue weighted by Crippen LogP contribution is -2.23. The zero-order valence-corrected chi connectivity index (χ0v) is 19.1. The van der Waals surface area contributed by atoms with Crippen LogP contribution in [0.2, 0.25) is 0 Å². The number of hydrogen-bond donors (Lipinski definition) is 2. The Labute approximate surface area is 195 Å². The number of halogens is 3. The van der Waals surface area contributed by atoms with Crippen molar-refractivity contribution < 1.29 is 22.7 Å². The van der Waals surface area contributed by atoms with E-state index in [4.69, 9.17) is 0 Å². The first-order valence-corrected chi connectivity index (χ1v) is 12.3. The molecule has 7 nitrogen and oxygen atoms in total. The number of nitrogens with one attached hydrogen (secondary N) is 2. The number of pyridine rings is 1. The van der Waals surface area contributed by atoms with Crippen molar-refractivity contribution in [3.05, 3.63) is 50.5 Å². The molecule has 1 aliphatic rings. The highest BCUT2D eigenvalue weighted by Gasteiger charge is 2.28. The zero-order chi connectivity index (χ0) is 23.4. The van der Waals surface area contributed by atoms with Crippen LogP contribution in [0.25, 0.3) is 10.2 Å². The number of hydrogen-bond acceptors (Lipinski definition) is 7. The van der Waals surface area contributed by atoms with Gasteiger partial charge in [0.25, 0.3) is 5.56 Å². The Balaban J connectivity index is 1.21. The van der Waals surface area contributed by atoms with Gasteiger partial charge in [0.1, 0.15) is 10.7 Å². The third kappa shape index (κ3) is 6.26. The average Bonchev–Trinajstić information content (AvgIpc) is 3.35. The Kier molecular flexibility index (Phi) is 7.23. The van der Waals surface area contributed by atoms with Crippen LogP contribution in [0, 0.1) is 0 Å². The number of ether oxygens (including phenoxy) is 1. The highest BCUT2D eigenvalue weighted by molar-refractivity contribution is 7.98. The topological polar surface area (TPSA) is 97.0 Å². The number of fused-ring (bicyclic) bond motifs is 3. The van der Waals surface area contributed by atoms with Gasteiger partial charge in [-0.15, -0.1) is 11.3 Å². The van der Waals surface area contributed by atoms with E-state index >= 15 is 0 Å².